The zero-order valence-electron chi connectivity index (χ0n) is 12.2. The lowest BCUT2D eigenvalue weighted by Gasteiger charge is -2.35. The molecule has 0 saturated heterocycles. The van der Waals surface area contributed by atoms with Gasteiger partial charge in [-0.3, -0.25) is 4.79 Å². The van der Waals surface area contributed by atoms with Crippen molar-refractivity contribution in [3.8, 4) is 0 Å². The van der Waals surface area contributed by atoms with E-state index in [0.29, 0.717) is 0 Å². The molecular formula is C17H24O2. The monoisotopic (exact) mass is 260 g/mol. The van der Waals surface area contributed by atoms with Gasteiger partial charge in [-0.1, -0.05) is 31.2 Å². The van der Waals surface area contributed by atoms with E-state index in [0.717, 1.165) is 23.8 Å². The predicted octanol–water partition coefficient (Wildman–Crippen LogP) is 4.39. The van der Waals surface area contributed by atoms with E-state index in [1.54, 1.807) is 0 Å². The zero-order chi connectivity index (χ0) is 14.0. The van der Waals surface area contributed by atoms with Gasteiger partial charge < -0.3 is 4.74 Å². The third kappa shape index (κ3) is 2.83. The number of carbonyl (C=O) groups excluding carboxylic acids is 1. The molecule has 2 nitrogen and oxygen atoms in total. The number of rotatable bonds is 4. The molecule has 2 aliphatic rings. The molecule has 0 aliphatic heterocycles. The topological polar surface area (TPSA) is 26.3 Å². The number of hydrogen-bond donors (Lipinski definition) is 0. The van der Waals surface area contributed by atoms with E-state index >= 15 is 0 Å². The van der Waals surface area contributed by atoms with Crippen molar-refractivity contribution in [2.24, 2.45) is 17.3 Å². The van der Waals surface area contributed by atoms with Crippen LogP contribution in [0.1, 0.15) is 46.5 Å². The fourth-order valence-corrected chi connectivity index (χ4v) is 3.61. The number of ether oxygens (including phenoxy) is 1. The van der Waals surface area contributed by atoms with E-state index in [-0.39, 0.29) is 11.4 Å². The summed E-state index contributed by atoms with van der Waals surface area (Å²) in [5.74, 6) is 1.30. The summed E-state index contributed by atoms with van der Waals surface area (Å²) in [7, 11) is 0. The lowest BCUT2D eigenvalue weighted by Crippen LogP contribution is -2.25. The molecule has 2 bridgehead atoms. The Kier molecular flexibility index (Phi) is 3.98. The molecule has 2 rings (SSSR count). The van der Waals surface area contributed by atoms with Gasteiger partial charge in [0.15, 0.2) is 0 Å². The van der Waals surface area contributed by atoms with Crippen LogP contribution in [-0.4, -0.2) is 5.97 Å². The molecule has 2 saturated carbocycles. The Bertz CT molecular complexity index is 444. The second-order valence-corrected chi connectivity index (χ2v) is 6.23. The maximum absolute atomic E-state index is 10.7. The number of hydrogen-bond acceptors (Lipinski definition) is 2. The highest BCUT2D eigenvalue weighted by Crippen LogP contribution is 2.60. The molecule has 0 aromatic rings. The summed E-state index contributed by atoms with van der Waals surface area (Å²) in [5.41, 5.74) is 2.70. The second-order valence-electron chi connectivity index (χ2n) is 6.23. The molecule has 0 unspecified atom stereocenters. The first-order chi connectivity index (χ1) is 8.93. The number of allylic oxidation sites excluding steroid dienone is 4. The van der Waals surface area contributed by atoms with Gasteiger partial charge in [-0.25, -0.2) is 0 Å². The van der Waals surface area contributed by atoms with Gasteiger partial charge in [0.2, 0.25) is 0 Å². The quantitative estimate of drug-likeness (QED) is 0.324. The molecule has 0 heterocycles. The Labute approximate surface area is 116 Å². The predicted molar refractivity (Wildman–Crippen MR) is 77.4 cm³/mol. The average Bonchev–Trinajstić information content (AvgIpc) is 2.91. The van der Waals surface area contributed by atoms with Gasteiger partial charge in [-0.2, -0.15) is 0 Å². The molecule has 0 aromatic heterocycles. The smallest absolute Gasteiger partial charge is 0.307 e. The molecule has 0 spiro atoms. The third-order valence-corrected chi connectivity index (χ3v) is 4.89. The fourth-order valence-electron chi connectivity index (χ4n) is 3.61. The Balaban J connectivity index is 1.93. The summed E-state index contributed by atoms with van der Waals surface area (Å²) in [5, 5.41) is 0. The molecule has 2 heteroatoms. The van der Waals surface area contributed by atoms with Crippen molar-refractivity contribution in [3.05, 3.63) is 36.1 Å². The van der Waals surface area contributed by atoms with E-state index < -0.39 is 0 Å². The third-order valence-electron chi connectivity index (χ3n) is 4.89. The highest BCUT2D eigenvalue weighted by Gasteiger charge is 2.49. The van der Waals surface area contributed by atoms with Crippen molar-refractivity contribution in [3.63, 3.8) is 0 Å². The summed E-state index contributed by atoms with van der Waals surface area (Å²) in [6.07, 6.45) is 10.8. The van der Waals surface area contributed by atoms with Crippen molar-refractivity contribution in [1.29, 1.82) is 0 Å². The van der Waals surface area contributed by atoms with Gasteiger partial charge in [0.25, 0.3) is 0 Å². The Hall–Kier alpha value is -1.31. The van der Waals surface area contributed by atoms with Crippen molar-refractivity contribution < 1.29 is 9.53 Å². The summed E-state index contributed by atoms with van der Waals surface area (Å²) in [6.45, 7) is 10.0. The minimum atomic E-state index is -0.277. The SMILES string of the molecule is C=C1[C@H]2CC[C@H](C2)[C@]1(C)C/C=C/C(C)=C/OC(C)=O. The Morgan fingerprint density at radius 1 is 1.47 bits per heavy atom. The number of carbonyl (C=O) groups is 1. The summed E-state index contributed by atoms with van der Waals surface area (Å²) >= 11 is 0. The molecular weight excluding hydrogens is 236 g/mol. The first-order valence-electron chi connectivity index (χ1n) is 7.13. The van der Waals surface area contributed by atoms with Crippen LogP contribution in [0.4, 0.5) is 0 Å². The van der Waals surface area contributed by atoms with Crippen molar-refractivity contribution in [1.82, 2.24) is 0 Å². The molecule has 2 aliphatic carbocycles. The molecule has 19 heavy (non-hydrogen) atoms. The number of esters is 1. The fraction of sp³-hybridized carbons (Fsp3) is 0.588. The molecule has 0 aromatic carbocycles. The minimum absolute atomic E-state index is 0.277. The van der Waals surface area contributed by atoms with Gasteiger partial charge in [0.05, 0.1) is 6.26 Å². The van der Waals surface area contributed by atoms with Crippen LogP contribution in [-0.2, 0) is 9.53 Å². The first-order valence-corrected chi connectivity index (χ1v) is 7.13. The van der Waals surface area contributed by atoms with Crippen LogP contribution in [0.15, 0.2) is 36.1 Å². The van der Waals surface area contributed by atoms with E-state index in [4.69, 9.17) is 4.74 Å². The minimum Gasteiger partial charge on any atom is -0.434 e. The zero-order valence-corrected chi connectivity index (χ0v) is 12.2. The van der Waals surface area contributed by atoms with E-state index in [9.17, 15) is 4.79 Å². The van der Waals surface area contributed by atoms with Crippen LogP contribution in [0.3, 0.4) is 0 Å². The summed E-state index contributed by atoms with van der Waals surface area (Å²) in [6, 6.07) is 0. The van der Waals surface area contributed by atoms with E-state index in [2.05, 4.69) is 19.6 Å². The van der Waals surface area contributed by atoms with Gasteiger partial charge in [0.1, 0.15) is 0 Å². The molecule has 0 radical (unpaired) electrons. The molecule has 3 atom stereocenters. The molecule has 0 N–H and O–H groups in total. The summed E-state index contributed by atoms with van der Waals surface area (Å²) < 4.78 is 4.85. The Morgan fingerprint density at radius 3 is 2.79 bits per heavy atom. The van der Waals surface area contributed by atoms with E-state index in [1.807, 2.05) is 13.0 Å². The molecule has 2 fully saturated rings. The maximum atomic E-state index is 10.7. The first kappa shape index (κ1) is 14.1. The van der Waals surface area contributed by atoms with Gasteiger partial charge >= 0.3 is 5.97 Å². The van der Waals surface area contributed by atoms with Crippen LogP contribution in [0.25, 0.3) is 0 Å². The average molecular weight is 260 g/mol. The summed E-state index contributed by atoms with van der Waals surface area (Å²) in [4.78, 5) is 10.7. The van der Waals surface area contributed by atoms with Gasteiger partial charge in [-0.05, 0) is 55.4 Å². The lowest BCUT2D eigenvalue weighted by molar-refractivity contribution is -0.135. The normalized spacial score (nSPS) is 34.3. The van der Waals surface area contributed by atoms with Crippen molar-refractivity contribution in [2.75, 3.05) is 0 Å². The lowest BCUT2D eigenvalue weighted by atomic mass is 9.69. The largest absolute Gasteiger partial charge is 0.434 e. The standard InChI is InChI=1S/C17H24O2/c1-12(11-19-14(3)18)6-5-9-17(4)13(2)15-7-8-16(17)10-15/h5-6,11,15-16H,2,7-10H2,1,3-4H3/b6-5+,12-11+/t15-,16+,17+/m0/s1. The maximum Gasteiger partial charge on any atom is 0.307 e. The molecule has 104 valence electrons. The van der Waals surface area contributed by atoms with Crippen LogP contribution < -0.4 is 0 Å². The van der Waals surface area contributed by atoms with Crippen LogP contribution in [0, 0.1) is 17.3 Å². The van der Waals surface area contributed by atoms with Crippen LogP contribution in [0.5, 0.6) is 0 Å². The Morgan fingerprint density at radius 2 is 2.21 bits per heavy atom. The van der Waals surface area contributed by atoms with Crippen molar-refractivity contribution >= 4 is 5.97 Å². The molecule has 0 amide bonds. The highest BCUT2D eigenvalue weighted by molar-refractivity contribution is 5.66. The van der Waals surface area contributed by atoms with Crippen molar-refractivity contribution in [2.45, 2.75) is 46.5 Å². The van der Waals surface area contributed by atoms with Gasteiger partial charge in [0, 0.05) is 6.92 Å². The number of fused-ring (bicyclic) bond motifs is 2. The second kappa shape index (κ2) is 5.36. The van der Waals surface area contributed by atoms with Crippen LogP contribution in [0.2, 0.25) is 0 Å². The van der Waals surface area contributed by atoms with Crippen LogP contribution >= 0.6 is 0 Å². The van der Waals surface area contributed by atoms with Gasteiger partial charge in [-0.15, -0.1) is 0 Å². The highest BCUT2D eigenvalue weighted by atomic mass is 16.5. The van der Waals surface area contributed by atoms with E-state index in [1.165, 1.54) is 38.0 Å².